The van der Waals surface area contributed by atoms with Gasteiger partial charge in [0.2, 0.25) is 0 Å². The van der Waals surface area contributed by atoms with Gasteiger partial charge < -0.3 is 20.3 Å². The third-order valence-corrected chi connectivity index (χ3v) is 6.28. The Balaban J connectivity index is 1.31. The Hall–Kier alpha value is -3.98. The van der Waals surface area contributed by atoms with E-state index in [1.165, 1.54) is 23.6 Å². The van der Waals surface area contributed by atoms with Crippen LogP contribution in [0.5, 0.6) is 5.75 Å². The van der Waals surface area contributed by atoms with Gasteiger partial charge in [-0.1, -0.05) is 12.1 Å². The summed E-state index contributed by atoms with van der Waals surface area (Å²) < 4.78 is 5.13. The lowest BCUT2D eigenvalue weighted by atomic mass is 10.0. The summed E-state index contributed by atoms with van der Waals surface area (Å²) in [4.78, 5) is 38.5. The normalized spacial score (nSPS) is 14.2. The summed E-state index contributed by atoms with van der Waals surface area (Å²) in [6.45, 7) is 2.67. The number of likely N-dealkylation sites (tertiary alicyclic amines) is 1. The second kappa shape index (κ2) is 11.6. The number of aromatic nitrogens is 2. The third kappa shape index (κ3) is 6.37. The Morgan fingerprint density at radius 2 is 1.64 bits per heavy atom. The second-order valence-corrected chi connectivity index (χ2v) is 9.02. The van der Waals surface area contributed by atoms with Crippen molar-refractivity contribution >= 4 is 23.3 Å². The number of amides is 2. The summed E-state index contributed by atoms with van der Waals surface area (Å²) in [6.07, 6.45) is 4.58. The maximum atomic E-state index is 13.0. The van der Waals surface area contributed by atoms with E-state index in [0.29, 0.717) is 11.3 Å². The van der Waals surface area contributed by atoms with E-state index < -0.39 is 0 Å². The summed E-state index contributed by atoms with van der Waals surface area (Å²) in [5.74, 6) is 0.0683. The van der Waals surface area contributed by atoms with E-state index in [1.807, 2.05) is 14.1 Å². The van der Waals surface area contributed by atoms with Crippen LogP contribution in [0.25, 0.3) is 0 Å². The molecule has 2 N–H and O–H groups in total. The zero-order valence-electron chi connectivity index (χ0n) is 20.9. The van der Waals surface area contributed by atoms with Crippen LogP contribution in [0, 0.1) is 0 Å². The number of ether oxygens (including phenoxy) is 1. The number of benzene rings is 2. The minimum atomic E-state index is -0.376. The van der Waals surface area contributed by atoms with E-state index in [0.717, 1.165) is 32.5 Å². The topological polar surface area (TPSA) is 99.7 Å². The number of rotatable bonds is 8. The molecular weight excluding hydrogens is 456 g/mol. The molecule has 1 aromatic heterocycles. The maximum absolute atomic E-state index is 13.0. The fraction of sp³-hybridized carbons (Fsp3) is 0.333. The molecule has 0 aliphatic carbocycles. The number of hydrogen-bond donors (Lipinski definition) is 2. The van der Waals surface area contributed by atoms with E-state index in [-0.39, 0.29) is 29.4 Å². The molecule has 0 atom stereocenters. The van der Waals surface area contributed by atoms with E-state index in [9.17, 15) is 9.59 Å². The van der Waals surface area contributed by atoms with Crippen LogP contribution in [-0.2, 0) is 6.54 Å². The molecule has 188 valence electrons. The van der Waals surface area contributed by atoms with Crippen LogP contribution in [0.15, 0.2) is 60.9 Å². The molecule has 3 aromatic rings. The minimum absolute atomic E-state index is 0.0389. The quantitative estimate of drug-likeness (QED) is 0.502. The number of methoxy groups -OCH3 is 1. The lowest BCUT2D eigenvalue weighted by Crippen LogP contribution is -2.44. The van der Waals surface area contributed by atoms with Crippen LogP contribution in [0.2, 0.25) is 0 Å². The average Bonchev–Trinajstić information content (AvgIpc) is 2.90. The predicted octanol–water partition coefficient (Wildman–Crippen LogP) is 3.20. The summed E-state index contributed by atoms with van der Waals surface area (Å²) in [7, 11) is 5.63. The van der Waals surface area contributed by atoms with Crippen molar-refractivity contribution in [3.05, 3.63) is 77.7 Å². The molecule has 9 heteroatoms. The molecular formula is C27H32N6O3. The molecule has 1 saturated heterocycles. The highest BCUT2D eigenvalue weighted by Gasteiger charge is 2.24. The smallest absolute Gasteiger partial charge is 0.273 e. The number of carbonyl (C=O) groups is 2. The number of nitrogens with one attached hydrogen (secondary N) is 2. The largest absolute Gasteiger partial charge is 0.497 e. The van der Waals surface area contributed by atoms with Crippen LogP contribution >= 0.6 is 0 Å². The van der Waals surface area contributed by atoms with Crippen molar-refractivity contribution in [1.29, 1.82) is 0 Å². The molecule has 0 saturated carbocycles. The lowest BCUT2D eigenvalue weighted by Gasteiger charge is -2.32. The third-order valence-electron chi connectivity index (χ3n) is 6.28. The molecule has 0 radical (unpaired) electrons. The average molecular weight is 489 g/mol. The number of anilines is 2. The monoisotopic (exact) mass is 488 g/mol. The second-order valence-electron chi connectivity index (χ2n) is 9.02. The van der Waals surface area contributed by atoms with Crippen LogP contribution < -0.4 is 20.3 Å². The Bertz CT molecular complexity index is 1170. The summed E-state index contributed by atoms with van der Waals surface area (Å²) >= 11 is 0. The molecule has 1 aliphatic rings. The minimum Gasteiger partial charge on any atom is -0.497 e. The Morgan fingerprint density at radius 1 is 0.972 bits per heavy atom. The van der Waals surface area contributed by atoms with Crippen molar-refractivity contribution in [2.24, 2.45) is 0 Å². The van der Waals surface area contributed by atoms with Gasteiger partial charge in [-0.05, 0) is 54.8 Å². The number of piperidine rings is 1. The lowest BCUT2D eigenvalue weighted by molar-refractivity contribution is 0.0904. The zero-order chi connectivity index (χ0) is 25.5. The molecule has 4 rings (SSSR count). The fourth-order valence-corrected chi connectivity index (χ4v) is 4.16. The SMILES string of the molecule is COc1ccc(C(=O)Nc2nccnc2C(=O)NC2CCN(Cc3ccc(N(C)C)cc3)CC2)cc1. The highest BCUT2D eigenvalue weighted by molar-refractivity contribution is 6.07. The van der Waals surface area contributed by atoms with Gasteiger partial charge in [-0.15, -0.1) is 0 Å². The van der Waals surface area contributed by atoms with Gasteiger partial charge in [0, 0.05) is 63.4 Å². The van der Waals surface area contributed by atoms with E-state index in [2.05, 4.69) is 54.7 Å². The molecule has 2 aromatic carbocycles. The van der Waals surface area contributed by atoms with Crippen LogP contribution in [0.3, 0.4) is 0 Å². The van der Waals surface area contributed by atoms with E-state index >= 15 is 0 Å². The van der Waals surface area contributed by atoms with Gasteiger partial charge in [-0.3, -0.25) is 14.5 Å². The summed E-state index contributed by atoms with van der Waals surface area (Å²) in [5, 5.41) is 5.77. The predicted molar refractivity (Wildman–Crippen MR) is 140 cm³/mol. The van der Waals surface area contributed by atoms with Crippen LogP contribution in [0.4, 0.5) is 11.5 Å². The van der Waals surface area contributed by atoms with Gasteiger partial charge >= 0.3 is 0 Å². The molecule has 0 unspecified atom stereocenters. The van der Waals surface area contributed by atoms with Crippen molar-refractivity contribution in [2.45, 2.75) is 25.4 Å². The Morgan fingerprint density at radius 3 is 2.28 bits per heavy atom. The van der Waals surface area contributed by atoms with Gasteiger partial charge in [0.15, 0.2) is 11.5 Å². The number of nitrogens with zero attached hydrogens (tertiary/aromatic N) is 4. The summed E-state index contributed by atoms with van der Waals surface area (Å²) in [6, 6.07) is 15.3. The van der Waals surface area contributed by atoms with E-state index in [4.69, 9.17) is 4.74 Å². The number of hydrogen-bond acceptors (Lipinski definition) is 7. The van der Waals surface area contributed by atoms with Crippen molar-refractivity contribution in [1.82, 2.24) is 20.2 Å². The first-order valence-electron chi connectivity index (χ1n) is 12.0. The highest BCUT2D eigenvalue weighted by Crippen LogP contribution is 2.18. The molecule has 0 spiro atoms. The van der Waals surface area contributed by atoms with Gasteiger partial charge in [0.1, 0.15) is 5.75 Å². The standard InChI is InChI=1S/C27H32N6O3/c1-32(2)22-8-4-19(5-9-22)18-33-16-12-21(13-17-33)30-27(35)24-25(29-15-14-28-24)31-26(34)20-6-10-23(36-3)11-7-20/h4-11,14-15,21H,12-13,16-18H2,1-3H3,(H,30,35)(H,29,31,34). The Labute approximate surface area is 211 Å². The van der Waals surface area contributed by atoms with Gasteiger partial charge in [0.25, 0.3) is 11.8 Å². The first-order valence-corrected chi connectivity index (χ1v) is 12.0. The van der Waals surface area contributed by atoms with E-state index in [1.54, 1.807) is 31.4 Å². The molecule has 0 bridgehead atoms. The molecule has 36 heavy (non-hydrogen) atoms. The zero-order valence-corrected chi connectivity index (χ0v) is 20.9. The highest BCUT2D eigenvalue weighted by atomic mass is 16.5. The van der Waals surface area contributed by atoms with Crippen LogP contribution in [-0.4, -0.2) is 67.0 Å². The van der Waals surface area contributed by atoms with Crippen molar-refractivity contribution in [2.75, 3.05) is 44.5 Å². The first kappa shape index (κ1) is 25.1. The molecule has 2 heterocycles. The van der Waals surface area contributed by atoms with Crippen LogP contribution in [0.1, 0.15) is 39.3 Å². The van der Waals surface area contributed by atoms with Crippen molar-refractivity contribution in [3.63, 3.8) is 0 Å². The number of carbonyl (C=O) groups excluding carboxylic acids is 2. The Kier molecular flexibility index (Phi) is 8.12. The first-order chi connectivity index (χ1) is 17.4. The van der Waals surface area contributed by atoms with Crippen molar-refractivity contribution < 1.29 is 14.3 Å². The van der Waals surface area contributed by atoms with Crippen molar-refractivity contribution in [3.8, 4) is 5.75 Å². The van der Waals surface area contributed by atoms with Gasteiger partial charge in [-0.2, -0.15) is 0 Å². The molecule has 9 nitrogen and oxygen atoms in total. The fourth-order valence-electron chi connectivity index (χ4n) is 4.16. The molecule has 2 amide bonds. The van der Waals surface area contributed by atoms with Gasteiger partial charge in [0.05, 0.1) is 7.11 Å². The molecule has 1 fully saturated rings. The van der Waals surface area contributed by atoms with Gasteiger partial charge in [-0.25, -0.2) is 9.97 Å². The summed E-state index contributed by atoms with van der Waals surface area (Å²) in [5.41, 5.74) is 2.99. The maximum Gasteiger partial charge on any atom is 0.273 e. The molecule has 1 aliphatic heterocycles.